The third kappa shape index (κ3) is 11.6. The average molecular weight is 166 g/mol. The minimum atomic E-state index is -4.57. The molecule has 0 saturated heterocycles. The van der Waals surface area contributed by atoms with Crippen LogP contribution in [0.25, 0.3) is 0 Å². The summed E-state index contributed by atoms with van der Waals surface area (Å²) < 4.78 is 30.2. The van der Waals surface area contributed by atoms with Gasteiger partial charge in [0.1, 0.15) is 0 Å². The summed E-state index contributed by atoms with van der Waals surface area (Å²) in [5, 5.41) is 0. The Balaban J connectivity index is 0. The lowest BCUT2D eigenvalue weighted by Gasteiger charge is -1.90. The van der Waals surface area contributed by atoms with E-state index >= 15 is 0 Å². The number of hydrogen-bond acceptors (Lipinski definition) is 4. The van der Waals surface area contributed by atoms with Crippen LogP contribution in [0.3, 0.4) is 0 Å². The summed E-state index contributed by atoms with van der Waals surface area (Å²) in [6.07, 6.45) is 0. The zero-order valence-electron chi connectivity index (χ0n) is 3.99. The maximum atomic E-state index is 9.70. The zero-order chi connectivity index (χ0) is 6.78. The van der Waals surface area contributed by atoms with Crippen LogP contribution in [-0.2, 0) is 19.4 Å². The van der Waals surface area contributed by atoms with Gasteiger partial charge in [-0.05, 0) is 0 Å². The number of rotatable bonds is 1. The first-order valence-electron chi connectivity index (χ1n) is 1.59. The van der Waals surface area contributed by atoms with Gasteiger partial charge in [-0.15, -0.1) is 0 Å². The molecule has 0 aliphatic rings. The van der Waals surface area contributed by atoms with Gasteiger partial charge >= 0.3 is 39.4 Å². The third-order valence-electron chi connectivity index (χ3n) is 0.223. The Morgan fingerprint density at radius 3 is 1.89 bits per heavy atom. The highest BCUT2D eigenvalue weighted by Crippen LogP contribution is 1.84. The fourth-order valence-corrected chi connectivity index (χ4v) is 0.445. The minimum absolute atomic E-state index is 0. The highest BCUT2D eigenvalue weighted by atomic mass is 32.3. The summed E-state index contributed by atoms with van der Waals surface area (Å²) in [4.78, 5) is 9.70. The lowest BCUT2D eigenvalue weighted by Crippen LogP contribution is -2.07. The van der Waals surface area contributed by atoms with Gasteiger partial charge in [0.2, 0.25) is 0 Å². The van der Waals surface area contributed by atoms with Crippen LogP contribution in [0.4, 0.5) is 0 Å². The van der Waals surface area contributed by atoms with E-state index in [2.05, 4.69) is 4.18 Å². The smallest absolute Gasteiger partial charge is 0.325 e. The Morgan fingerprint density at radius 1 is 1.56 bits per heavy atom. The first-order chi connectivity index (χ1) is 3.42. The largest absolute Gasteiger partial charge is 0.448 e. The number of carbonyl (C=O) groups is 1. The summed E-state index contributed by atoms with van der Waals surface area (Å²) >= 11 is 0. The summed E-state index contributed by atoms with van der Waals surface area (Å²) in [7, 11) is -4.57. The van der Waals surface area contributed by atoms with Gasteiger partial charge in [0.15, 0.2) is 0 Å². The van der Waals surface area contributed by atoms with Crippen LogP contribution in [0.15, 0.2) is 0 Å². The van der Waals surface area contributed by atoms with Gasteiger partial charge in [-0.3, -0.25) is 9.35 Å². The predicted octanol–water partition coefficient (Wildman–Crippen LogP) is -1.56. The van der Waals surface area contributed by atoms with Crippen LogP contribution in [-0.4, -0.2) is 42.0 Å². The van der Waals surface area contributed by atoms with E-state index < -0.39 is 16.4 Å². The second-order valence-corrected chi connectivity index (χ2v) is 2.02. The molecule has 0 bridgehead atoms. The lowest BCUT2D eigenvalue weighted by molar-refractivity contribution is -0.131. The molecule has 0 aliphatic heterocycles. The van der Waals surface area contributed by atoms with E-state index in [4.69, 9.17) is 4.55 Å². The van der Waals surface area contributed by atoms with Gasteiger partial charge in [-0.25, -0.2) is 0 Å². The standard InChI is InChI=1S/C2H4O5S.Mg.2H/c1-2(3)7-8(4,5)6;;;/h1H3,(H,4,5,6);;;. The minimum Gasteiger partial charge on any atom is -0.325 e. The Kier molecular flexibility index (Phi) is 5.34. The third-order valence-corrected chi connectivity index (χ3v) is 0.668. The van der Waals surface area contributed by atoms with Crippen molar-refractivity contribution in [2.24, 2.45) is 0 Å². The monoisotopic (exact) mass is 166 g/mol. The Bertz CT molecular complexity index is 181. The molecule has 9 heavy (non-hydrogen) atoms. The molecular weight excluding hydrogens is 160 g/mol. The fraction of sp³-hybridized carbons (Fsp3) is 0.500. The topological polar surface area (TPSA) is 80.7 Å². The van der Waals surface area contributed by atoms with Crippen molar-refractivity contribution in [2.75, 3.05) is 0 Å². The molecule has 52 valence electrons. The van der Waals surface area contributed by atoms with Crippen molar-refractivity contribution >= 4 is 39.4 Å². The van der Waals surface area contributed by atoms with Gasteiger partial charge in [0.25, 0.3) is 0 Å². The molecule has 0 unspecified atom stereocenters. The van der Waals surface area contributed by atoms with Crippen LogP contribution >= 0.6 is 0 Å². The van der Waals surface area contributed by atoms with E-state index in [1.165, 1.54) is 0 Å². The van der Waals surface area contributed by atoms with E-state index in [-0.39, 0.29) is 23.1 Å². The van der Waals surface area contributed by atoms with Crippen LogP contribution in [0.5, 0.6) is 0 Å². The van der Waals surface area contributed by atoms with Crippen molar-refractivity contribution < 1.29 is 21.9 Å². The SMILES string of the molecule is CC(=O)OS(=O)(=O)O.[MgH2]. The van der Waals surface area contributed by atoms with Gasteiger partial charge in [0, 0.05) is 6.92 Å². The fourth-order valence-electron chi connectivity index (χ4n) is 0.148. The predicted molar refractivity (Wildman–Crippen MR) is 31.9 cm³/mol. The highest BCUT2D eigenvalue weighted by molar-refractivity contribution is 7.81. The first-order valence-corrected chi connectivity index (χ1v) is 2.96. The summed E-state index contributed by atoms with van der Waals surface area (Å²) in [6.45, 7) is 0.869. The van der Waals surface area contributed by atoms with Crippen molar-refractivity contribution in [1.29, 1.82) is 0 Å². The molecule has 0 spiro atoms. The molecule has 0 atom stereocenters. The molecule has 5 nitrogen and oxygen atoms in total. The molecule has 1 N–H and O–H groups in total. The molecule has 0 fully saturated rings. The molecule has 0 aromatic heterocycles. The Hall–Kier alpha value is 0.146. The van der Waals surface area contributed by atoms with Crippen molar-refractivity contribution in [3.63, 3.8) is 0 Å². The number of hydrogen-bond donors (Lipinski definition) is 1. The van der Waals surface area contributed by atoms with Crippen LogP contribution in [0.2, 0.25) is 0 Å². The second-order valence-electron chi connectivity index (χ2n) is 1.00. The van der Waals surface area contributed by atoms with Gasteiger partial charge in [-0.1, -0.05) is 0 Å². The molecular formula is C2H6MgO5S. The highest BCUT2D eigenvalue weighted by Gasteiger charge is 2.06. The van der Waals surface area contributed by atoms with E-state index in [0.29, 0.717) is 0 Å². The van der Waals surface area contributed by atoms with Crippen molar-refractivity contribution in [3.8, 4) is 0 Å². The van der Waals surface area contributed by atoms with E-state index in [0.717, 1.165) is 6.92 Å². The molecule has 0 aromatic carbocycles. The molecule has 0 rings (SSSR count). The molecule has 7 heteroatoms. The molecule has 0 aliphatic carbocycles. The van der Waals surface area contributed by atoms with Gasteiger partial charge in [-0.2, -0.15) is 8.42 Å². The average Bonchev–Trinajstić information content (AvgIpc) is 1.21. The number of carbonyl (C=O) groups excluding carboxylic acids is 1. The van der Waals surface area contributed by atoms with Gasteiger partial charge in [0.05, 0.1) is 0 Å². The summed E-state index contributed by atoms with van der Waals surface area (Å²) in [5.74, 6) is -1.06. The maximum Gasteiger partial charge on any atom is 0.448 e. The second kappa shape index (κ2) is 4.04. The maximum absolute atomic E-state index is 9.70. The van der Waals surface area contributed by atoms with Crippen molar-refractivity contribution in [1.82, 2.24) is 0 Å². The summed E-state index contributed by atoms with van der Waals surface area (Å²) in [6, 6.07) is 0. The summed E-state index contributed by atoms with van der Waals surface area (Å²) in [5.41, 5.74) is 0. The molecule has 0 radical (unpaired) electrons. The van der Waals surface area contributed by atoms with E-state index in [9.17, 15) is 13.2 Å². The molecule has 0 saturated carbocycles. The molecule has 0 aromatic rings. The first kappa shape index (κ1) is 11.9. The van der Waals surface area contributed by atoms with Crippen molar-refractivity contribution in [3.05, 3.63) is 0 Å². The zero-order valence-corrected chi connectivity index (χ0v) is 4.80. The Labute approximate surface area is 68.5 Å². The Morgan fingerprint density at radius 2 is 1.89 bits per heavy atom. The van der Waals surface area contributed by atoms with Crippen LogP contribution in [0.1, 0.15) is 6.92 Å². The van der Waals surface area contributed by atoms with Crippen molar-refractivity contribution in [2.45, 2.75) is 6.92 Å². The van der Waals surface area contributed by atoms with Crippen LogP contribution < -0.4 is 0 Å². The van der Waals surface area contributed by atoms with E-state index in [1.807, 2.05) is 0 Å². The van der Waals surface area contributed by atoms with Crippen LogP contribution in [0, 0.1) is 0 Å². The molecule has 0 amide bonds. The molecule has 0 heterocycles. The van der Waals surface area contributed by atoms with E-state index in [1.54, 1.807) is 0 Å². The lowest BCUT2D eigenvalue weighted by atomic mass is 10.9. The normalized spacial score (nSPS) is 9.56. The quantitative estimate of drug-likeness (QED) is 0.376. The van der Waals surface area contributed by atoms with Gasteiger partial charge < -0.3 is 4.18 Å².